The molecule has 1 aliphatic heterocycles. The Morgan fingerprint density at radius 1 is 1.71 bits per heavy atom. The van der Waals surface area contributed by atoms with Crippen LogP contribution in [0.15, 0.2) is 21.6 Å². The van der Waals surface area contributed by atoms with E-state index in [1.807, 2.05) is 12.2 Å². The number of carbonyl (C=O) groups excluding carboxylic acids is 1. The van der Waals surface area contributed by atoms with Gasteiger partial charge in [0.05, 0.1) is 0 Å². The SMILES string of the molecule is O=CC1=CC=C[SeH2]1. The summed E-state index contributed by atoms with van der Waals surface area (Å²) in [4.78, 5) is 12.0. The van der Waals surface area contributed by atoms with Gasteiger partial charge in [-0.25, -0.2) is 0 Å². The number of hydrogen-bond acceptors (Lipinski definition) is 1. The fourth-order valence-electron chi connectivity index (χ4n) is 0.418. The Labute approximate surface area is 48.3 Å². The summed E-state index contributed by atoms with van der Waals surface area (Å²) >= 11 is -0.125. The van der Waals surface area contributed by atoms with Gasteiger partial charge >= 0.3 is 47.6 Å². The summed E-state index contributed by atoms with van der Waals surface area (Å²) in [5, 5.41) is 0. The summed E-state index contributed by atoms with van der Waals surface area (Å²) in [7, 11) is 0. The first-order valence-electron chi connectivity index (χ1n) is 2.02. The molecule has 0 atom stereocenters. The van der Waals surface area contributed by atoms with E-state index in [-0.39, 0.29) is 15.0 Å². The molecule has 0 fully saturated rings. The second-order valence-corrected chi connectivity index (χ2v) is 3.76. The Morgan fingerprint density at radius 2 is 2.57 bits per heavy atom. The van der Waals surface area contributed by atoms with Gasteiger partial charge in [-0.1, -0.05) is 0 Å². The van der Waals surface area contributed by atoms with Crippen LogP contribution in [0.3, 0.4) is 0 Å². The monoisotopic (exact) mass is 162 g/mol. The van der Waals surface area contributed by atoms with Crippen LogP contribution in [-0.4, -0.2) is 21.2 Å². The van der Waals surface area contributed by atoms with E-state index in [4.69, 9.17) is 0 Å². The summed E-state index contributed by atoms with van der Waals surface area (Å²) < 4.78 is 1.00. The van der Waals surface area contributed by atoms with E-state index in [9.17, 15) is 4.79 Å². The van der Waals surface area contributed by atoms with Crippen LogP contribution in [0.5, 0.6) is 0 Å². The van der Waals surface area contributed by atoms with Gasteiger partial charge in [0.2, 0.25) is 0 Å². The van der Waals surface area contributed by atoms with Crippen molar-refractivity contribution in [1.29, 1.82) is 0 Å². The number of allylic oxidation sites excluding steroid dienone is 3. The molecule has 0 aliphatic carbocycles. The van der Waals surface area contributed by atoms with Crippen LogP contribution in [0.1, 0.15) is 0 Å². The van der Waals surface area contributed by atoms with Gasteiger partial charge in [0.15, 0.2) is 0 Å². The number of carbonyl (C=O) groups is 1. The van der Waals surface area contributed by atoms with Gasteiger partial charge in [0, 0.05) is 0 Å². The zero-order chi connectivity index (χ0) is 5.11. The molecular formula is C5H6OSe. The first kappa shape index (κ1) is 4.82. The first-order chi connectivity index (χ1) is 3.43. The van der Waals surface area contributed by atoms with Gasteiger partial charge in [0.25, 0.3) is 0 Å². The van der Waals surface area contributed by atoms with Crippen molar-refractivity contribution in [2.24, 2.45) is 0 Å². The average Bonchev–Trinajstić information content (AvgIpc) is 2.14. The molecule has 0 aromatic heterocycles. The molecule has 0 aromatic carbocycles. The fraction of sp³-hybridized carbons (Fsp3) is 0. The molecule has 0 unspecified atom stereocenters. The first-order valence-corrected chi connectivity index (χ1v) is 4.28. The zero-order valence-electron chi connectivity index (χ0n) is 3.72. The maximum absolute atomic E-state index is 9.93. The molecule has 0 bridgehead atoms. The Morgan fingerprint density at radius 3 is 2.86 bits per heavy atom. The van der Waals surface area contributed by atoms with Crippen molar-refractivity contribution in [2.75, 3.05) is 0 Å². The van der Waals surface area contributed by atoms with Crippen molar-refractivity contribution in [3.8, 4) is 0 Å². The predicted octanol–water partition coefficient (Wildman–Crippen LogP) is -0.235. The molecular weight excluding hydrogens is 155 g/mol. The third kappa shape index (κ3) is 1.02. The molecule has 0 saturated carbocycles. The molecule has 0 spiro atoms. The molecule has 0 N–H and O–H groups in total. The number of aldehydes is 1. The topological polar surface area (TPSA) is 17.1 Å². The van der Waals surface area contributed by atoms with E-state index >= 15 is 0 Å². The summed E-state index contributed by atoms with van der Waals surface area (Å²) in [6, 6.07) is 0. The van der Waals surface area contributed by atoms with Crippen molar-refractivity contribution >= 4 is 21.2 Å². The third-order valence-electron chi connectivity index (χ3n) is 0.749. The van der Waals surface area contributed by atoms with Crippen LogP contribution >= 0.6 is 0 Å². The molecule has 2 heteroatoms. The van der Waals surface area contributed by atoms with Gasteiger partial charge < -0.3 is 0 Å². The van der Waals surface area contributed by atoms with Crippen molar-refractivity contribution < 1.29 is 4.79 Å². The van der Waals surface area contributed by atoms with Crippen LogP contribution in [0.4, 0.5) is 0 Å². The van der Waals surface area contributed by atoms with Gasteiger partial charge in [-0.15, -0.1) is 0 Å². The van der Waals surface area contributed by atoms with Crippen LogP contribution in [-0.2, 0) is 4.79 Å². The van der Waals surface area contributed by atoms with Crippen molar-refractivity contribution in [3.63, 3.8) is 0 Å². The second kappa shape index (κ2) is 2.10. The van der Waals surface area contributed by atoms with Crippen LogP contribution < -0.4 is 0 Å². The second-order valence-electron chi connectivity index (χ2n) is 1.24. The van der Waals surface area contributed by atoms with Crippen LogP contribution in [0.25, 0.3) is 0 Å². The Balaban J connectivity index is 2.61. The average molecular weight is 161 g/mol. The molecule has 1 aliphatic rings. The van der Waals surface area contributed by atoms with Crippen molar-refractivity contribution in [3.05, 3.63) is 21.6 Å². The normalized spacial score (nSPS) is 22.6. The van der Waals surface area contributed by atoms with Crippen LogP contribution in [0.2, 0.25) is 0 Å². The molecule has 38 valence electrons. The Bertz CT molecular complexity index is 135. The summed E-state index contributed by atoms with van der Waals surface area (Å²) in [6.07, 6.45) is 4.77. The zero-order valence-corrected chi connectivity index (χ0v) is 5.82. The van der Waals surface area contributed by atoms with Gasteiger partial charge in [-0.2, -0.15) is 0 Å². The standard InChI is InChI=1S/C5H6OSe/c6-4-5-2-1-3-7-5/h1-4H,7H2. The quantitative estimate of drug-likeness (QED) is 0.383. The molecule has 0 radical (unpaired) electrons. The molecule has 7 heavy (non-hydrogen) atoms. The Hall–Kier alpha value is -0.331. The van der Waals surface area contributed by atoms with E-state index in [1.165, 1.54) is 0 Å². The molecule has 0 aromatic rings. The molecule has 1 nitrogen and oxygen atoms in total. The number of rotatable bonds is 1. The molecule has 0 amide bonds. The predicted molar refractivity (Wildman–Crippen MR) is 31.8 cm³/mol. The van der Waals surface area contributed by atoms with E-state index in [0.717, 1.165) is 10.8 Å². The summed E-state index contributed by atoms with van der Waals surface area (Å²) in [5.74, 6) is 0. The van der Waals surface area contributed by atoms with E-state index < -0.39 is 0 Å². The van der Waals surface area contributed by atoms with Crippen molar-refractivity contribution in [1.82, 2.24) is 0 Å². The van der Waals surface area contributed by atoms with E-state index in [2.05, 4.69) is 4.97 Å². The number of hydrogen-bond donors (Lipinski definition) is 0. The Kier molecular flexibility index (Phi) is 1.45. The molecule has 1 heterocycles. The van der Waals surface area contributed by atoms with Crippen LogP contribution in [0, 0.1) is 0 Å². The summed E-state index contributed by atoms with van der Waals surface area (Å²) in [5.41, 5.74) is 0. The van der Waals surface area contributed by atoms with Gasteiger partial charge in [-0.05, 0) is 0 Å². The third-order valence-corrected chi connectivity index (χ3v) is 2.80. The minimum atomic E-state index is -0.125. The molecule has 0 saturated heterocycles. The molecule has 1 rings (SSSR count). The minimum absolute atomic E-state index is 0.125. The maximum atomic E-state index is 9.93. The fourth-order valence-corrected chi connectivity index (χ4v) is 1.77. The van der Waals surface area contributed by atoms with E-state index in [1.54, 1.807) is 0 Å². The summed E-state index contributed by atoms with van der Waals surface area (Å²) in [6.45, 7) is 0. The van der Waals surface area contributed by atoms with Crippen molar-refractivity contribution in [2.45, 2.75) is 0 Å². The van der Waals surface area contributed by atoms with E-state index in [0.29, 0.717) is 0 Å². The van der Waals surface area contributed by atoms with Gasteiger partial charge in [0.1, 0.15) is 0 Å². The van der Waals surface area contributed by atoms with Gasteiger partial charge in [-0.3, -0.25) is 0 Å².